The molecule has 212 valence electrons. The number of aryl methyl sites for hydroxylation is 2. The van der Waals surface area contributed by atoms with Crippen LogP contribution in [0.25, 0.3) is 22.0 Å². The number of aromatic hydroxyl groups is 1. The summed E-state index contributed by atoms with van der Waals surface area (Å²) in [7, 11) is 0. The molecule has 0 spiro atoms. The SMILES string of the molecule is Cc1n[nH]c(C)c1-c1nc(OC[C@@]23CCCN2C[C@H](F)C3)nc2c1CCN(c1cc(O)cc3cccc(Cl)c13)C2=O. The fourth-order valence-electron chi connectivity index (χ4n) is 6.94. The Morgan fingerprint density at radius 3 is 2.85 bits per heavy atom. The Bertz CT molecular complexity index is 1690. The van der Waals surface area contributed by atoms with Gasteiger partial charge in [-0.25, -0.2) is 4.39 Å². The van der Waals surface area contributed by atoms with Crippen molar-refractivity contribution in [1.82, 2.24) is 25.1 Å². The summed E-state index contributed by atoms with van der Waals surface area (Å²) in [4.78, 5) is 27.4. The maximum absolute atomic E-state index is 14.4. The molecular weight excluding hydrogens is 547 g/mol. The van der Waals surface area contributed by atoms with E-state index in [4.69, 9.17) is 21.3 Å². The number of phenolic OH excluding ortho intramolecular Hbond substituents is 1. The van der Waals surface area contributed by atoms with Crippen molar-refractivity contribution in [2.45, 2.75) is 51.2 Å². The zero-order valence-electron chi connectivity index (χ0n) is 22.9. The van der Waals surface area contributed by atoms with E-state index in [1.807, 2.05) is 19.9 Å². The number of H-pyrrole nitrogens is 1. The molecule has 0 unspecified atom stereocenters. The molecule has 2 saturated heterocycles. The Labute approximate surface area is 241 Å². The molecule has 2 N–H and O–H groups in total. The van der Waals surface area contributed by atoms with E-state index in [-0.39, 0.29) is 35.5 Å². The second-order valence-corrected chi connectivity index (χ2v) is 11.8. The number of aromatic amines is 1. The number of nitrogens with one attached hydrogen (secondary N) is 1. The van der Waals surface area contributed by atoms with Crippen molar-refractivity contribution in [3.63, 3.8) is 0 Å². The van der Waals surface area contributed by atoms with Crippen molar-refractivity contribution in [2.24, 2.45) is 0 Å². The summed E-state index contributed by atoms with van der Waals surface area (Å²) in [6.07, 6.45) is 1.86. The molecule has 2 fully saturated rings. The number of alkyl halides is 1. The first kappa shape index (κ1) is 26.2. The van der Waals surface area contributed by atoms with Gasteiger partial charge in [0.05, 0.1) is 27.6 Å². The molecule has 4 aromatic rings. The lowest BCUT2D eigenvalue weighted by atomic mass is 9.95. The second-order valence-electron chi connectivity index (χ2n) is 11.4. The van der Waals surface area contributed by atoms with Gasteiger partial charge in [-0.2, -0.15) is 15.1 Å². The highest BCUT2D eigenvalue weighted by atomic mass is 35.5. The van der Waals surface area contributed by atoms with Crippen LogP contribution in [0.4, 0.5) is 10.1 Å². The van der Waals surface area contributed by atoms with E-state index < -0.39 is 6.17 Å². The zero-order valence-corrected chi connectivity index (χ0v) is 23.6. The van der Waals surface area contributed by atoms with Crippen molar-refractivity contribution in [2.75, 3.05) is 31.1 Å². The molecule has 2 aromatic carbocycles. The number of ether oxygens (including phenoxy) is 1. The lowest BCUT2D eigenvalue weighted by Crippen LogP contribution is -2.44. The first-order valence-corrected chi connectivity index (χ1v) is 14.3. The number of hydrogen-bond donors (Lipinski definition) is 2. The number of benzene rings is 2. The Morgan fingerprint density at radius 2 is 2.05 bits per heavy atom. The minimum absolute atomic E-state index is 0.0357. The van der Waals surface area contributed by atoms with Gasteiger partial charge in [0.2, 0.25) is 0 Å². The summed E-state index contributed by atoms with van der Waals surface area (Å²) in [5.74, 6) is -0.302. The number of anilines is 1. The number of phenols is 1. The molecule has 9 nitrogen and oxygen atoms in total. The number of carbonyl (C=O) groups excluding carboxylic acids is 1. The number of carbonyl (C=O) groups is 1. The quantitative estimate of drug-likeness (QED) is 0.338. The minimum atomic E-state index is -0.880. The van der Waals surface area contributed by atoms with Crippen LogP contribution in [-0.4, -0.2) is 74.0 Å². The molecule has 0 bridgehead atoms. The maximum atomic E-state index is 14.4. The smallest absolute Gasteiger partial charge is 0.317 e. The van der Waals surface area contributed by atoms with Crippen LogP contribution in [0.2, 0.25) is 5.02 Å². The Balaban J connectivity index is 1.32. The number of fused-ring (bicyclic) bond motifs is 3. The van der Waals surface area contributed by atoms with Gasteiger partial charge in [0.1, 0.15) is 24.2 Å². The van der Waals surface area contributed by atoms with E-state index in [9.17, 15) is 14.3 Å². The van der Waals surface area contributed by atoms with Crippen LogP contribution in [0.15, 0.2) is 30.3 Å². The van der Waals surface area contributed by atoms with Crippen LogP contribution in [-0.2, 0) is 6.42 Å². The highest BCUT2D eigenvalue weighted by Gasteiger charge is 2.49. The molecule has 2 aromatic heterocycles. The average Bonchev–Trinajstić information content (AvgIpc) is 3.58. The maximum Gasteiger partial charge on any atom is 0.317 e. The average molecular weight is 577 g/mol. The first-order chi connectivity index (χ1) is 19.7. The Kier molecular flexibility index (Phi) is 6.17. The lowest BCUT2D eigenvalue weighted by molar-refractivity contribution is 0.0964. The van der Waals surface area contributed by atoms with Crippen LogP contribution in [0.3, 0.4) is 0 Å². The van der Waals surface area contributed by atoms with Crippen molar-refractivity contribution in [3.8, 4) is 23.0 Å². The summed E-state index contributed by atoms with van der Waals surface area (Å²) >= 11 is 6.59. The number of aromatic nitrogens is 4. The molecule has 0 aliphatic carbocycles. The molecule has 3 aliphatic rings. The molecule has 3 aliphatic heterocycles. The summed E-state index contributed by atoms with van der Waals surface area (Å²) < 4.78 is 20.6. The van der Waals surface area contributed by atoms with Crippen molar-refractivity contribution in [1.29, 1.82) is 0 Å². The van der Waals surface area contributed by atoms with Gasteiger partial charge in [-0.05, 0) is 57.2 Å². The van der Waals surface area contributed by atoms with Crippen molar-refractivity contribution in [3.05, 3.63) is 58.0 Å². The monoisotopic (exact) mass is 576 g/mol. The third-order valence-electron chi connectivity index (χ3n) is 8.80. The highest BCUT2D eigenvalue weighted by Crippen LogP contribution is 2.42. The first-order valence-electron chi connectivity index (χ1n) is 13.9. The van der Waals surface area contributed by atoms with Gasteiger partial charge in [-0.3, -0.25) is 14.8 Å². The van der Waals surface area contributed by atoms with E-state index in [0.717, 1.165) is 41.7 Å². The number of hydrogen-bond acceptors (Lipinski definition) is 7. The summed E-state index contributed by atoms with van der Waals surface area (Å²) in [6.45, 7) is 5.67. The molecule has 0 radical (unpaired) electrons. The molecule has 1 amide bonds. The summed E-state index contributed by atoms with van der Waals surface area (Å²) in [6, 6.07) is 8.68. The highest BCUT2D eigenvalue weighted by molar-refractivity contribution is 6.37. The van der Waals surface area contributed by atoms with Crippen LogP contribution in [0.5, 0.6) is 11.8 Å². The van der Waals surface area contributed by atoms with E-state index in [1.165, 1.54) is 0 Å². The van der Waals surface area contributed by atoms with Gasteiger partial charge in [-0.15, -0.1) is 0 Å². The van der Waals surface area contributed by atoms with Gasteiger partial charge >= 0.3 is 6.01 Å². The number of amides is 1. The molecule has 7 rings (SSSR count). The molecule has 2 atom stereocenters. The minimum Gasteiger partial charge on any atom is -0.508 e. The predicted molar refractivity (Wildman–Crippen MR) is 154 cm³/mol. The number of halogens is 2. The number of nitrogens with zero attached hydrogens (tertiary/aromatic N) is 5. The van der Waals surface area contributed by atoms with Crippen molar-refractivity contribution < 1.29 is 19.0 Å². The third-order valence-corrected chi connectivity index (χ3v) is 9.11. The van der Waals surface area contributed by atoms with Crippen molar-refractivity contribution >= 4 is 34.0 Å². The van der Waals surface area contributed by atoms with Gasteiger partial charge in [0.25, 0.3) is 5.91 Å². The zero-order chi connectivity index (χ0) is 28.5. The predicted octanol–water partition coefficient (Wildman–Crippen LogP) is 5.15. The van der Waals surface area contributed by atoms with E-state index in [2.05, 4.69) is 20.1 Å². The van der Waals surface area contributed by atoms with Crippen LogP contribution in [0.1, 0.15) is 46.7 Å². The summed E-state index contributed by atoms with van der Waals surface area (Å²) in [5.41, 5.74) is 4.08. The van der Waals surface area contributed by atoms with Gasteiger partial charge < -0.3 is 14.7 Å². The Morgan fingerprint density at radius 1 is 1.22 bits per heavy atom. The lowest BCUT2D eigenvalue weighted by Gasteiger charge is -2.32. The molecule has 0 saturated carbocycles. The number of rotatable bonds is 5. The largest absolute Gasteiger partial charge is 0.508 e. The summed E-state index contributed by atoms with van der Waals surface area (Å²) in [5, 5.41) is 19.7. The third kappa shape index (κ3) is 4.23. The molecule has 41 heavy (non-hydrogen) atoms. The molecular formula is C30H30ClFN6O3. The van der Waals surface area contributed by atoms with Gasteiger partial charge in [0, 0.05) is 47.8 Å². The van der Waals surface area contributed by atoms with Gasteiger partial charge in [0.15, 0.2) is 0 Å². The second kappa shape index (κ2) is 9.66. The fraction of sp³-hybridized carbons (Fsp3) is 0.400. The topological polar surface area (TPSA) is 107 Å². The molecule has 5 heterocycles. The molecule has 11 heteroatoms. The van der Waals surface area contributed by atoms with Crippen LogP contribution < -0.4 is 9.64 Å². The van der Waals surface area contributed by atoms with Gasteiger partial charge in [-0.1, -0.05) is 23.7 Å². The van der Waals surface area contributed by atoms with E-state index in [0.29, 0.717) is 53.3 Å². The fourth-order valence-corrected chi connectivity index (χ4v) is 7.21. The van der Waals surface area contributed by atoms with Crippen LogP contribution >= 0.6 is 11.6 Å². The normalized spacial score (nSPS) is 22.4. The van der Waals surface area contributed by atoms with E-state index >= 15 is 0 Å². The Hall–Kier alpha value is -3.76. The van der Waals surface area contributed by atoms with E-state index in [1.54, 1.807) is 29.2 Å². The standard InChI is InChI=1S/C30H30ClFN6O3/c1-16-24(17(2)36-35-16)26-21-7-10-38(23-12-20(39)11-18-5-3-6-22(31)25(18)23)28(40)27(21)34-29(33-26)41-15-30-8-4-9-37(30)14-19(32)13-30/h3,5-6,11-12,19,39H,4,7-10,13-15H2,1-2H3,(H,35,36)/t19-,30+/m1/s1. The van der Waals surface area contributed by atoms with Crippen LogP contribution in [0, 0.1) is 13.8 Å².